The zero-order valence-corrected chi connectivity index (χ0v) is 17.2. The molecule has 0 saturated heterocycles. The molecule has 3 atom stereocenters. The van der Waals surface area contributed by atoms with Crippen LogP contribution in [0.25, 0.3) is 0 Å². The van der Waals surface area contributed by atoms with E-state index in [1.165, 1.54) is 25.3 Å². The number of carbonyl (C=O) groups is 2. The van der Waals surface area contributed by atoms with E-state index in [1.807, 2.05) is 12.2 Å². The Morgan fingerprint density at radius 1 is 1.27 bits per heavy atom. The number of ether oxygens (including phenoxy) is 2. The monoisotopic (exact) mass is 412 g/mol. The first-order chi connectivity index (χ1) is 14.3. The van der Waals surface area contributed by atoms with Crippen molar-refractivity contribution < 1.29 is 24.0 Å². The molecule has 1 heterocycles. The SMILES string of the molecule is COC(=O)C1C(C)=NC(C)=C(C(=O)OC2C=CCCC2)C1c1cccc([N+](=O)[O-])c1. The van der Waals surface area contributed by atoms with E-state index in [-0.39, 0.29) is 17.4 Å². The van der Waals surface area contributed by atoms with Crippen LogP contribution >= 0.6 is 0 Å². The molecule has 158 valence electrons. The molecule has 0 N–H and O–H groups in total. The molecular formula is C22H24N2O6. The lowest BCUT2D eigenvalue weighted by Gasteiger charge is -2.32. The van der Waals surface area contributed by atoms with Gasteiger partial charge in [-0.15, -0.1) is 0 Å². The first-order valence-electron chi connectivity index (χ1n) is 9.79. The second-order valence-electron chi connectivity index (χ2n) is 7.39. The topological polar surface area (TPSA) is 108 Å². The molecule has 0 aromatic heterocycles. The van der Waals surface area contributed by atoms with E-state index in [0.29, 0.717) is 17.0 Å². The summed E-state index contributed by atoms with van der Waals surface area (Å²) < 4.78 is 10.7. The Bertz CT molecular complexity index is 962. The molecule has 0 radical (unpaired) electrons. The van der Waals surface area contributed by atoms with Crippen molar-refractivity contribution in [1.82, 2.24) is 0 Å². The lowest BCUT2D eigenvalue weighted by molar-refractivity contribution is -0.384. The van der Waals surface area contributed by atoms with Crippen molar-refractivity contribution in [3.05, 3.63) is 63.4 Å². The van der Waals surface area contributed by atoms with Gasteiger partial charge in [0.25, 0.3) is 5.69 Å². The van der Waals surface area contributed by atoms with Crippen molar-refractivity contribution >= 4 is 23.3 Å². The molecule has 1 aliphatic heterocycles. The van der Waals surface area contributed by atoms with E-state index in [1.54, 1.807) is 19.9 Å². The number of rotatable bonds is 5. The molecule has 1 aromatic carbocycles. The van der Waals surface area contributed by atoms with E-state index in [2.05, 4.69) is 4.99 Å². The van der Waals surface area contributed by atoms with Crippen LogP contribution in [0.3, 0.4) is 0 Å². The predicted octanol–water partition coefficient (Wildman–Crippen LogP) is 3.87. The first-order valence-corrected chi connectivity index (χ1v) is 9.79. The number of carbonyl (C=O) groups excluding carboxylic acids is 2. The number of allylic oxidation sites excluding steroid dienone is 2. The highest BCUT2D eigenvalue weighted by atomic mass is 16.6. The number of aliphatic imine (C=N–C) groups is 1. The molecular weight excluding hydrogens is 388 g/mol. The number of nitrogens with zero attached hydrogens (tertiary/aromatic N) is 2. The standard InChI is InChI=1S/C22H24N2O6/c1-13-18(21(25)29-3)20(15-8-7-9-16(12-15)24(27)28)19(14(2)23-13)22(26)30-17-10-5-4-6-11-17/h5,7-10,12,17-18,20H,4,6,11H2,1-3H3. The normalized spacial score (nSPS) is 23.6. The van der Waals surface area contributed by atoms with Crippen LogP contribution in [0.1, 0.15) is 44.6 Å². The second-order valence-corrected chi connectivity index (χ2v) is 7.39. The number of hydrogen-bond donors (Lipinski definition) is 0. The molecule has 1 aromatic rings. The first kappa shape index (κ1) is 21.4. The molecule has 3 unspecified atom stereocenters. The van der Waals surface area contributed by atoms with Crippen LogP contribution in [-0.4, -0.2) is 35.8 Å². The molecule has 0 saturated carbocycles. The summed E-state index contributed by atoms with van der Waals surface area (Å²) in [5, 5.41) is 11.3. The van der Waals surface area contributed by atoms with Gasteiger partial charge in [0.2, 0.25) is 0 Å². The number of non-ortho nitro benzene ring substituents is 1. The van der Waals surface area contributed by atoms with Gasteiger partial charge in [-0.3, -0.25) is 19.9 Å². The third-order valence-electron chi connectivity index (χ3n) is 5.41. The van der Waals surface area contributed by atoms with Crippen LogP contribution in [0.4, 0.5) is 5.69 Å². The average Bonchev–Trinajstić information content (AvgIpc) is 2.73. The Kier molecular flexibility index (Phi) is 6.44. The summed E-state index contributed by atoms with van der Waals surface area (Å²) in [6.45, 7) is 3.36. The van der Waals surface area contributed by atoms with Crippen molar-refractivity contribution in [1.29, 1.82) is 0 Å². The maximum Gasteiger partial charge on any atom is 0.337 e. The van der Waals surface area contributed by atoms with E-state index in [0.717, 1.165) is 19.3 Å². The summed E-state index contributed by atoms with van der Waals surface area (Å²) in [5.74, 6) is -2.83. The van der Waals surface area contributed by atoms with Gasteiger partial charge in [-0.25, -0.2) is 4.79 Å². The zero-order valence-electron chi connectivity index (χ0n) is 17.2. The fourth-order valence-corrected chi connectivity index (χ4v) is 4.01. The van der Waals surface area contributed by atoms with Gasteiger partial charge in [0, 0.05) is 29.5 Å². The van der Waals surface area contributed by atoms with E-state index in [9.17, 15) is 19.7 Å². The lowest BCUT2D eigenvalue weighted by atomic mass is 9.75. The van der Waals surface area contributed by atoms with Gasteiger partial charge < -0.3 is 9.47 Å². The minimum Gasteiger partial charge on any atom is -0.468 e. The van der Waals surface area contributed by atoms with Gasteiger partial charge in [-0.2, -0.15) is 0 Å². The second kappa shape index (κ2) is 9.02. The summed E-state index contributed by atoms with van der Waals surface area (Å²) in [6, 6.07) is 5.93. The van der Waals surface area contributed by atoms with Gasteiger partial charge in [-0.1, -0.05) is 18.2 Å². The van der Waals surface area contributed by atoms with Crippen molar-refractivity contribution in [2.24, 2.45) is 10.9 Å². The van der Waals surface area contributed by atoms with Crippen molar-refractivity contribution in [2.75, 3.05) is 7.11 Å². The third kappa shape index (κ3) is 4.32. The van der Waals surface area contributed by atoms with Gasteiger partial charge in [0.15, 0.2) is 0 Å². The number of methoxy groups -OCH3 is 1. The highest BCUT2D eigenvalue weighted by molar-refractivity contribution is 6.07. The highest BCUT2D eigenvalue weighted by Crippen LogP contribution is 2.41. The smallest absolute Gasteiger partial charge is 0.337 e. The summed E-state index contributed by atoms with van der Waals surface area (Å²) in [6.07, 6.45) is 6.07. The maximum absolute atomic E-state index is 13.2. The fourth-order valence-electron chi connectivity index (χ4n) is 4.01. The summed E-state index contributed by atoms with van der Waals surface area (Å²) >= 11 is 0. The van der Waals surface area contributed by atoms with Crippen LogP contribution < -0.4 is 0 Å². The van der Waals surface area contributed by atoms with Crippen molar-refractivity contribution in [3.63, 3.8) is 0 Å². The van der Waals surface area contributed by atoms with Gasteiger partial charge in [0.1, 0.15) is 12.0 Å². The lowest BCUT2D eigenvalue weighted by Crippen LogP contribution is -2.36. The zero-order chi connectivity index (χ0) is 21.8. The molecule has 0 amide bonds. The molecule has 3 rings (SSSR count). The number of hydrogen-bond acceptors (Lipinski definition) is 7. The molecule has 0 fully saturated rings. The Morgan fingerprint density at radius 2 is 2.03 bits per heavy atom. The number of nitro benzene ring substituents is 1. The fraction of sp³-hybridized carbons (Fsp3) is 0.409. The minimum atomic E-state index is -0.884. The van der Waals surface area contributed by atoms with Crippen LogP contribution in [0, 0.1) is 16.0 Å². The van der Waals surface area contributed by atoms with Gasteiger partial charge in [0.05, 0.1) is 17.6 Å². The Balaban J connectivity index is 2.09. The van der Waals surface area contributed by atoms with Crippen molar-refractivity contribution in [2.45, 2.75) is 45.1 Å². The average molecular weight is 412 g/mol. The van der Waals surface area contributed by atoms with E-state index >= 15 is 0 Å². The predicted molar refractivity (Wildman–Crippen MR) is 110 cm³/mol. The quantitative estimate of drug-likeness (QED) is 0.314. The molecule has 8 heteroatoms. The van der Waals surface area contributed by atoms with Gasteiger partial charge >= 0.3 is 11.9 Å². The Morgan fingerprint density at radius 3 is 2.67 bits per heavy atom. The minimum absolute atomic E-state index is 0.128. The van der Waals surface area contributed by atoms with Crippen LogP contribution in [0.2, 0.25) is 0 Å². The molecule has 0 bridgehead atoms. The van der Waals surface area contributed by atoms with Gasteiger partial charge in [-0.05, 0) is 44.7 Å². The number of esters is 2. The van der Waals surface area contributed by atoms with Crippen LogP contribution in [0.15, 0.2) is 52.7 Å². The maximum atomic E-state index is 13.2. The summed E-state index contributed by atoms with van der Waals surface area (Å²) in [4.78, 5) is 41.0. The van der Waals surface area contributed by atoms with Crippen molar-refractivity contribution in [3.8, 4) is 0 Å². The van der Waals surface area contributed by atoms with E-state index in [4.69, 9.17) is 9.47 Å². The summed E-state index contributed by atoms with van der Waals surface area (Å²) in [7, 11) is 1.26. The molecule has 8 nitrogen and oxygen atoms in total. The number of nitro groups is 1. The van der Waals surface area contributed by atoms with Crippen LogP contribution in [0.5, 0.6) is 0 Å². The van der Waals surface area contributed by atoms with E-state index < -0.39 is 28.7 Å². The summed E-state index contributed by atoms with van der Waals surface area (Å²) in [5.41, 5.74) is 1.45. The Labute approximate surface area is 174 Å². The molecule has 1 aliphatic carbocycles. The third-order valence-corrected chi connectivity index (χ3v) is 5.41. The van der Waals surface area contributed by atoms with Crippen LogP contribution in [-0.2, 0) is 19.1 Å². The molecule has 0 spiro atoms. The Hall–Kier alpha value is -3.29. The molecule has 2 aliphatic rings. The molecule has 30 heavy (non-hydrogen) atoms. The number of benzene rings is 1. The largest absolute Gasteiger partial charge is 0.468 e. The highest BCUT2D eigenvalue weighted by Gasteiger charge is 2.43.